The van der Waals surface area contributed by atoms with E-state index < -0.39 is 5.60 Å². The Morgan fingerprint density at radius 2 is 1.85 bits per heavy atom. The molecule has 0 unspecified atom stereocenters. The second kappa shape index (κ2) is 8.89. The zero-order valence-electron chi connectivity index (χ0n) is 15.6. The second-order valence-corrected chi connectivity index (χ2v) is 8.00. The first kappa shape index (κ1) is 19.9. The van der Waals surface area contributed by atoms with Crippen molar-refractivity contribution < 1.29 is 14.6 Å². The maximum atomic E-state index is 12.9. The number of unbranched alkanes of at least 4 members (excludes halogenated alkanes) is 1. The number of aliphatic hydroxyl groups excluding tert-OH is 1. The van der Waals surface area contributed by atoms with E-state index in [1.807, 2.05) is 61.5 Å². The Labute approximate surface area is 169 Å². The Balaban J connectivity index is 1.79. The number of halogens is 1. The van der Waals surface area contributed by atoms with Crippen LogP contribution in [0.5, 0.6) is 0 Å². The van der Waals surface area contributed by atoms with Crippen LogP contribution in [0.25, 0.3) is 0 Å². The molecular weight excluding hydrogens is 406 g/mol. The van der Waals surface area contributed by atoms with Gasteiger partial charge in [0, 0.05) is 24.0 Å². The molecule has 1 amide bonds. The summed E-state index contributed by atoms with van der Waals surface area (Å²) in [6.45, 7) is 2.83. The number of amides is 1. The molecule has 0 spiro atoms. The molecule has 1 fully saturated rings. The molecule has 2 aromatic rings. The molecule has 144 valence electrons. The highest BCUT2D eigenvalue weighted by Gasteiger charge is 2.43. The average molecular weight is 432 g/mol. The van der Waals surface area contributed by atoms with Gasteiger partial charge in [0.05, 0.1) is 6.04 Å². The fourth-order valence-corrected chi connectivity index (χ4v) is 3.99. The number of hydrogen-bond acceptors (Lipinski definition) is 3. The number of benzene rings is 2. The molecule has 5 heteroatoms. The van der Waals surface area contributed by atoms with Gasteiger partial charge in [0.25, 0.3) is 0 Å². The fourth-order valence-electron chi connectivity index (χ4n) is 3.73. The second-order valence-electron chi connectivity index (χ2n) is 7.08. The number of rotatable bonds is 7. The van der Waals surface area contributed by atoms with Crippen molar-refractivity contribution in [2.24, 2.45) is 0 Å². The minimum atomic E-state index is -0.608. The quantitative estimate of drug-likeness (QED) is 0.596. The highest BCUT2D eigenvalue weighted by atomic mass is 79.9. The third-order valence-corrected chi connectivity index (χ3v) is 5.91. The Bertz CT molecular complexity index is 750. The highest BCUT2D eigenvalue weighted by Crippen LogP contribution is 2.40. The Morgan fingerprint density at radius 1 is 1.15 bits per heavy atom. The zero-order chi connectivity index (χ0) is 19.3. The van der Waals surface area contributed by atoms with Crippen LogP contribution in [0, 0.1) is 0 Å². The Hall–Kier alpha value is -1.85. The molecule has 0 radical (unpaired) electrons. The number of nitrogens with zero attached hydrogens (tertiary/aromatic N) is 1. The lowest BCUT2D eigenvalue weighted by molar-refractivity contribution is -0.0669. The molecule has 0 aliphatic carbocycles. The van der Waals surface area contributed by atoms with E-state index in [1.165, 1.54) is 0 Å². The van der Waals surface area contributed by atoms with Crippen LogP contribution in [0.1, 0.15) is 49.8 Å². The van der Waals surface area contributed by atoms with Gasteiger partial charge in [-0.1, -0.05) is 58.4 Å². The minimum Gasteiger partial charge on any atom is -0.438 e. The standard InChI is InChI=1S/C22H26BrNO3/c1-17(18-9-11-20(23)12-10-18)24-15-14-22(27-21(24)26,13-5-6-16-25)19-7-3-2-4-8-19/h2-4,7-12,17,25H,5-6,13-16H2,1H3/t17-,22+/m0/s1. The summed E-state index contributed by atoms with van der Waals surface area (Å²) in [5, 5.41) is 9.14. The zero-order valence-corrected chi connectivity index (χ0v) is 17.2. The monoisotopic (exact) mass is 431 g/mol. The molecule has 2 aromatic carbocycles. The van der Waals surface area contributed by atoms with Crippen LogP contribution in [0.3, 0.4) is 0 Å². The molecular formula is C22H26BrNO3. The van der Waals surface area contributed by atoms with Crippen molar-refractivity contribution in [1.82, 2.24) is 4.90 Å². The molecule has 0 aromatic heterocycles. The largest absolute Gasteiger partial charge is 0.438 e. The molecule has 27 heavy (non-hydrogen) atoms. The molecule has 1 saturated heterocycles. The van der Waals surface area contributed by atoms with Crippen molar-refractivity contribution >= 4 is 22.0 Å². The van der Waals surface area contributed by atoms with E-state index in [-0.39, 0.29) is 18.7 Å². The van der Waals surface area contributed by atoms with Gasteiger partial charge in [0.1, 0.15) is 5.60 Å². The summed E-state index contributed by atoms with van der Waals surface area (Å²) in [4.78, 5) is 14.7. The van der Waals surface area contributed by atoms with Gasteiger partial charge in [0.2, 0.25) is 0 Å². The first-order chi connectivity index (χ1) is 13.1. The van der Waals surface area contributed by atoms with E-state index in [4.69, 9.17) is 9.84 Å². The molecule has 1 aliphatic heterocycles. The van der Waals surface area contributed by atoms with Gasteiger partial charge >= 0.3 is 6.09 Å². The van der Waals surface area contributed by atoms with Crippen molar-refractivity contribution in [3.8, 4) is 0 Å². The third kappa shape index (κ3) is 4.53. The molecule has 0 bridgehead atoms. The van der Waals surface area contributed by atoms with E-state index in [0.717, 1.165) is 34.9 Å². The molecule has 0 saturated carbocycles. The number of hydrogen-bond donors (Lipinski definition) is 1. The molecule has 1 aliphatic rings. The molecule has 1 N–H and O–H groups in total. The summed E-state index contributed by atoms with van der Waals surface area (Å²) < 4.78 is 7.10. The van der Waals surface area contributed by atoms with Crippen molar-refractivity contribution in [1.29, 1.82) is 0 Å². The van der Waals surface area contributed by atoms with Gasteiger partial charge in [-0.15, -0.1) is 0 Å². The van der Waals surface area contributed by atoms with Gasteiger partial charge in [-0.25, -0.2) is 4.79 Å². The van der Waals surface area contributed by atoms with Crippen LogP contribution in [0.2, 0.25) is 0 Å². The summed E-state index contributed by atoms with van der Waals surface area (Å²) in [5.74, 6) is 0. The van der Waals surface area contributed by atoms with E-state index in [1.54, 1.807) is 4.90 Å². The van der Waals surface area contributed by atoms with Crippen molar-refractivity contribution in [3.63, 3.8) is 0 Å². The van der Waals surface area contributed by atoms with E-state index in [9.17, 15) is 4.79 Å². The SMILES string of the molecule is C[C@@H](c1ccc(Br)cc1)N1CC[C@](CCCCO)(c2ccccc2)OC1=O. The van der Waals surface area contributed by atoms with Crippen LogP contribution >= 0.6 is 15.9 Å². The molecule has 1 heterocycles. The van der Waals surface area contributed by atoms with Crippen LogP contribution in [-0.2, 0) is 10.3 Å². The first-order valence-electron chi connectivity index (χ1n) is 9.47. The fraction of sp³-hybridized carbons (Fsp3) is 0.409. The lowest BCUT2D eigenvalue weighted by atomic mass is 9.84. The van der Waals surface area contributed by atoms with Crippen molar-refractivity contribution in [3.05, 3.63) is 70.2 Å². The lowest BCUT2D eigenvalue weighted by Crippen LogP contribution is -2.48. The van der Waals surface area contributed by atoms with Crippen molar-refractivity contribution in [2.45, 2.75) is 44.2 Å². The van der Waals surface area contributed by atoms with Crippen LogP contribution in [0.4, 0.5) is 4.79 Å². The lowest BCUT2D eigenvalue weighted by Gasteiger charge is -2.43. The number of ether oxygens (including phenoxy) is 1. The summed E-state index contributed by atoms with van der Waals surface area (Å²) in [7, 11) is 0. The summed E-state index contributed by atoms with van der Waals surface area (Å²) in [5.41, 5.74) is 1.51. The van der Waals surface area contributed by atoms with E-state index >= 15 is 0 Å². The third-order valence-electron chi connectivity index (χ3n) is 5.38. The Morgan fingerprint density at radius 3 is 2.48 bits per heavy atom. The maximum Gasteiger partial charge on any atom is 0.411 e. The van der Waals surface area contributed by atoms with Crippen molar-refractivity contribution in [2.75, 3.05) is 13.2 Å². The predicted molar refractivity (Wildman–Crippen MR) is 109 cm³/mol. The summed E-state index contributed by atoms with van der Waals surface area (Å²) in [6.07, 6.45) is 2.73. The number of aliphatic hydroxyl groups is 1. The summed E-state index contributed by atoms with van der Waals surface area (Å²) in [6, 6.07) is 18.0. The van der Waals surface area contributed by atoms with Crippen LogP contribution < -0.4 is 0 Å². The number of carbonyl (C=O) groups is 1. The van der Waals surface area contributed by atoms with Gasteiger partial charge < -0.3 is 14.7 Å². The van der Waals surface area contributed by atoms with Gasteiger partial charge in [-0.2, -0.15) is 0 Å². The van der Waals surface area contributed by atoms with E-state index in [2.05, 4.69) is 15.9 Å². The van der Waals surface area contributed by atoms with Crippen LogP contribution in [-0.4, -0.2) is 29.3 Å². The normalized spacial score (nSPS) is 21.0. The maximum absolute atomic E-state index is 12.9. The summed E-state index contributed by atoms with van der Waals surface area (Å²) >= 11 is 3.45. The van der Waals surface area contributed by atoms with Gasteiger partial charge in [-0.3, -0.25) is 0 Å². The highest BCUT2D eigenvalue weighted by molar-refractivity contribution is 9.10. The van der Waals surface area contributed by atoms with Gasteiger partial charge in [0.15, 0.2) is 0 Å². The minimum absolute atomic E-state index is 0.0446. The van der Waals surface area contributed by atoms with E-state index in [0.29, 0.717) is 13.0 Å². The number of carbonyl (C=O) groups excluding carboxylic acids is 1. The van der Waals surface area contributed by atoms with Crippen LogP contribution in [0.15, 0.2) is 59.1 Å². The topological polar surface area (TPSA) is 49.8 Å². The molecule has 4 nitrogen and oxygen atoms in total. The Kier molecular flexibility index (Phi) is 6.55. The van der Waals surface area contributed by atoms with Gasteiger partial charge in [-0.05, 0) is 49.4 Å². The average Bonchev–Trinajstić information content (AvgIpc) is 2.69. The molecule has 3 rings (SSSR count). The predicted octanol–water partition coefficient (Wildman–Crippen LogP) is 5.41. The number of cyclic esters (lactones) is 1. The molecule has 2 atom stereocenters. The smallest absolute Gasteiger partial charge is 0.411 e. The first-order valence-corrected chi connectivity index (χ1v) is 10.3.